The van der Waals surface area contributed by atoms with Gasteiger partial charge in [0.2, 0.25) is 0 Å². The fourth-order valence-electron chi connectivity index (χ4n) is 2.10. The molecular weight excluding hydrogens is 269 g/mol. The minimum atomic E-state index is -0.510. The summed E-state index contributed by atoms with van der Waals surface area (Å²) in [5.74, 6) is 0.217. The highest BCUT2D eigenvalue weighted by atomic mass is 35.5. The first-order valence-corrected chi connectivity index (χ1v) is 6.21. The van der Waals surface area contributed by atoms with Gasteiger partial charge in [0, 0.05) is 11.6 Å². The molecule has 3 N–H and O–H groups in total. The number of halogens is 2. The van der Waals surface area contributed by atoms with Gasteiger partial charge >= 0.3 is 0 Å². The molecule has 1 atom stereocenters. The van der Waals surface area contributed by atoms with Gasteiger partial charge in [-0.2, -0.15) is 0 Å². The predicted molar refractivity (Wildman–Crippen MR) is 73.8 cm³/mol. The minimum absolute atomic E-state index is 0.00745. The SMILES string of the molecule is Cc1noc(C)c1C(C)Nc1cc(F)c(Cl)cc1N. The Kier molecular flexibility index (Phi) is 3.66. The van der Waals surface area contributed by atoms with Gasteiger partial charge in [-0.3, -0.25) is 0 Å². The molecule has 0 saturated carbocycles. The summed E-state index contributed by atoms with van der Waals surface area (Å²) in [4.78, 5) is 0. The highest BCUT2D eigenvalue weighted by Crippen LogP contribution is 2.30. The molecule has 1 aromatic heterocycles. The van der Waals surface area contributed by atoms with Crippen molar-refractivity contribution in [2.24, 2.45) is 0 Å². The summed E-state index contributed by atoms with van der Waals surface area (Å²) in [6, 6.07) is 2.57. The van der Waals surface area contributed by atoms with Crippen molar-refractivity contribution in [3.8, 4) is 0 Å². The van der Waals surface area contributed by atoms with Gasteiger partial charge in [-0.15, -0.1) is 0 Å². The smallest absolute Gasteiger partial charge is 0.143 e. The highest BCUT2D eigenvalue weighted by Gasteiger charge is 2.17. The van der Waals surface area contributed by atoms with Crippen LogP contribution >= 0.6 is 11.6 Å². The lowest BCUT2D eigenvalue weighted by atomic mass is 10.1. The van der Waals surface area contributed by atoms with Gasteiger partial charge in [0.05, 0.1) is 28.1 Å². The second kappa shape index (κ2) is 5.09. The van der Waals surface area contributed by atoms with Crippen LogP contribution in [0.3, 0.4) is 0 Å². The van der Waals surface area contributed by atoms with E-state index in [-0.39, 0.29) is 11.1 Å². The predicted octanol–water partition coefficient (Wildman–Crippen LogP) is 3.84. The van der Waals surface area contributed by atoms with Crippen molar-refractivity contribution in [1.29, 1.82) is 0 Å². The maximum Gasteiger partial charge on any atom is 0.143 e. The molecule has 0 aliphatic carbocycles. The van der Waals surface area contributed by atoms with Gasteiger partial charge in [0.15, 0.2) is 0 Å². The third-order valence-corrected chi connectivity index (χ3v) is 3.28. The number of rotatable bonds is 3. The Morgan fingerprint density at radius 1 is 1.42 bits per heavy atom. The van der Waals surface area contributed by atoms with Crippen LogP contribution < -0.4 is 11.1 Å². The first kappa shape index (κ1) is 13.7. The van der Waals surface area contributed by atoms with Crippen molar-refractivity contribution in [2.45, 2.75) is 26.8 Å². The van der Waals surface area contributed by atoms with Crippen LogP contribution in [-0.2, 0) is 0 Å². The summed E-state index contributed by atoms with van der Waals surface area (Å²) in [5.41, 5.74) is 8.44. The lowest BCUT2D eigenvalue weighted by Crippen LogP contribution is -2.10. The van der Waals surface area contributed by atoms with E-state index in [1.54, 1.807) is 0 Å². The zero-order chi connectivity index (χ0) is 14.2. The fourth-order valence-corrected chi connectivity index (χ4v) is 2.27. The first-order chi connectivity index (χ1) is 8.90. The molecule has 1 heterocycles. The summed E-state index contributed by atoms with van der Waals surface area (Å²) in [5, 5.41) is 7.04. The Balaban J connectivity index is 2.29. The van der Waals surface area contributed by atoms with Crippen molar-refractivity contribution < 1.29 is 8.91 Å². The van der Waals surface area contributed by atoms with Crippen LogP contribution in [0.5, 0.6) is 0 Å². The maximum atomic E-state index is 13.5. The van der Waals surface area contributed by atoms with Gasteiger partial charge in [-0.25, -0.2) is 4.39 Å². The van der Waals surface area contributed by atoms with E-state index in [0.717, 1.165) is 17.0 Å². The number of nitrogens with zero attached hydrogens (tertiary/aromatic N) is 1. The topological polar surface area (TPSA) is 64.1 Å². The molecule has 0 spiro atoms. The van der Waals surface area contributed by atoms with E-state index < -0.39 is 5.82 Å². The van der Waals surface area contributed by atoms with E-state index in [9.17, 15) is 4.39 Å². The fraction of sp³-hybridized carbons (Fsp3) is 0.308. The van der Waals surface area contributed by atoms with Gasteiger partial charge in [0.1, 0.15) is 11.6 Å². The minimum Gasteiger partial charge on any atom is -0.397 e. The van der Waals surface area contributed by atoms with Gasteiger partial charge in [-0.05, 0) is 26.8 Å². The molecule has 102 valence electrons. The van der Waals surface area contributed by atoms with Crippen LogP contribution in [0.2, 0.25) is 5.02 Å². The standard InChI is InChI=1S/C13H15ClFN3O/c1-6(13-7(2)18-19-8(13)3)17-12-5-10(15)9(14)4-11(12)16/h4-6,17H,16H2,1-3H3. The molecule has 1 unspecified atom stereocenters. The molecule has 0 fully saturated rings. The number of nitrogens with two attached hydrogens (primary N) is 1. The number of hydrogen-bond acceptors (Lipinski definition) is 4. The average molecular weight is 284 g/mol. The number of nitrogen functional groups attached to an aromatic ring is 1. The van der Waals surface area contributed by atoms with Crippen molar-refractivity contribution in [2.75, 3.05) is 11.1 Å². The quantitative estimate of drug-likeness (QED) is 0.840. The van der Waals surface area contributed by atoms with E-state index in [1.165, 1.54) is 12.1 Å². The summed E-state index contributed by atoms with van der Waals surface area (Å²) in [6.45, 7) is 5.62. The highest BCUT2D eigenvalue weighted by molar-refractivity contribution is 6.31. The van der Waals surface area contributed by atoms with Crippen LogP contribution in [0.25, 0.3) is 0 Å². The van der Waals surface area contributed by atoms with E-state index in [0.29, 0.717) is 11.4 Å². The van der Waals surface area contributed by atoms with Crippen LogP contribution in [0.15, 0.2) is 16.7 Å². The molecule has 2 rings (SSSR count). The van der Waals surface area contributed by atoms with Crippen LogP contribution in [0.4, 0.5) is 15.8 Å². The summed E-state index contributed by atoms with van der Waals surface area (Å²) < 4.78 is 18.6. The van der Waals surface area contributed by atoms with Gasteiger partial charge in [0.25, 0.3) is 0 Å². The second-order valence-corrected chi connectivity index (χ2v) is 4.86. The molecule has 4 nitrogen and oxygen atoms in total. The van der Waals surface area contributed by atoms with E-state index in [4.69, 9.17) is 21.9 Å². The third kappa shape index (κ3) is 2.66. The van der Waals surface area contributed by atoms with Crippen LogP contribution in [-0.4, -0.2) is 5.16 Å². The Labute approximate surface area is 115 Å². The van der Waals surface area contributed by atoms with Crippen molar-refractivity contribution in [1.82, 2.24) is 5.16 Å². The molecule has 0 bridgehead atoms. The Hall–Kier alpha value is -1.75. The summed E-state index contributed by atoms with van der Waals surface area (Å²) >= 11 is 5.66. The Morgan fingerprint density at radius 2 is 2.11 bits per heavy atom. The molecule has 0 radical (unpaired) electrons. The monoisotopic (exact) mass is 283 g/mol. The molecular formula is C13H15ClFN3O. The van der Waals surface area contributed by atoms with Crippen molar-refractivity contribution in [3.63, 3.8) is 0 Å². The van der Waals surface area contributed by atoms with Gasteiger partial charge < -0.3 is 15.6 Å². The molecule has 1 aromatic carbocycles. The molecule has 19 heavy (non-hydrogen) atoms. The lowest BCUT2D eigenvalue weighted by molar-refractivity contribution is 0.392. The molecule has 0 aliphatic rings. The summed E-state index contributed by atoms with van der Waals surface area (Å²) in [6.07, 6.45) is 0. The lowest BCUT2D eigenvalue weighted by Gasteiger charge is -2.17. The zero-order valence-electron chi connectivity index (χ0n) is 10.9. The molecule has 0 saturated heterocycles. The molecule has 2 aromatic rings. The normalized spacial score (nSPS) is 12.5. The molecule has 0 amide bonds. The van der Waals surface area contributed by atoms with E-state index in [2.05, 4.69) is 10.5 Å². The number of aryl methyl sites for hydroxylation is 2. The number of anilines is 2. The van der Waals surface area contributed by atoms with Crippen LogP contribution in [0.1, 0.15) is 30.0 Å². The van der Waals surface area contributed by atoms with E-state index in [1.807, 2.05) is 20.8 Å². The number of hydrogen-bond donors (Lipinski definition) is 2. The first-order valence-electron chi connectivity index (χ1n) is 5.84. The van der Waals surface area contributed by atoms with E-state index >= 15 is 0 Å². The molecule has 6 heteroatoms. The Bertz CT molecular complexity index is 593. The third-order valence-electron chi connectivity index (χ3n) is 2.99. The number of aromatic nitrogens is 1. The average Bonchev–Trinajstić information content (AvgIpc) is 2.66. The number of benzene rings is 1. The molecule has 0 aliphatic heterocycles. The zero-order valence-corrected chi connectivity index (χ0v) is 11.7. The van der Waals surface area contributed by atoms with Crippen molar-refractivity contribution >= 4 is 23.0 Å². The van der Waals surface area contributed by atoms with Gasteiger partial charge in [-0.1, -0.05) is 16.8 Å². The number of nitrogens with one attached hydrogen (secondary N) is 1. The van der Waals surface area contributed by atoms with Crippen molar-refractivity contribution in [3.05, 3.63) is 40.0 Å². The largest absolute Gasteiger partial charge is 0.397 e. The Morgan fingerprint density at radius 3 is 2.68 bits per heavy atom. The van der Waals surface area contributed by atoms with Crippen LogP contribution in [0, 0.1) is 19.7 Å². The summed E-state index contributed by atoms with van der Waals surface area (Å²) in [7, 11) is 0. The second-order valence-electron chi connectivity index (χ2n) is 4.46. The maximum absolute atomic E-state index is 13.5.